The fraction of sp³-hybridized carbons (Fsp3) is 0.636. The summed E-state index contributed by atoms with van der Waals surface area (Å²) in [5, 5.41) is 9.04. The average molecular weight is 224 g/mol. The van der Waals surface area contributed by atoms with E-state index in [1.54, 1.807) is 0 Å². The number of nitrogens with zero attached hydrogens (tertiary/aromatic N) is 3. The molecule has 1 aromatic rings. The number of hydrogen-bond acceptors (Lipinski definition) is 5. The summed E-state index contributed by atoms with van der Waals surface area (Å²) in [5.41, 5.74) is 6.78. The molecule has 0 bridgehead atoms. The number of nitrogens with two attached hydrogens (primary N) is 1. The number of aliphatic hydroxyl groups excluding tert-OH is 1. The van der Waals surface area contributed by atoms with Crippen molar-refractivity contribution in [3.63, 3.8) is 0 Å². The third-order valence-corrected chi connectivity index (χ3v) is 2.47. The molecule has 5 nitrogen and oxygen atoms in total. The number of anilines is 2. The first-order valence-corrected chi connectivity index (χ1v) is 5.69. The van der Waals surface area contributed by atoms with Gasteiger partial charge in [-0.15, -0.1) is 0 Å². The monoisotopic (exact) mass is 224 g/mol. The highest BCUT2D eigenvalue weighted by atomic mass is 16.3. The fourth-order valence-corrected chi connectivity index (χ4v) is 1.74. The summed E-state index contributed by atoms with van der Waals surface area (Å²) in [7, 11) is 0. The van der Waals surface area contributed by atoms with Crippen LogP contribution in [0.3, 0.4) is 0 Å². The van der Waals surface area contributed by atoms with Gasteiger partial charge in [-0.2, -0.15) is 0 Å². The lowest BCUT2D eigenvalue weighted by Gasteiger charge is -2.24. The molecule has 90 valence electrons. The Morgan fingerprint density at radius 2 is 2.06 bits per heavy atom. The van der Waals surface area contributed by atoms with Crippen LogP contribution in [-0.2, 0) is 6.42 Å². The van der Waals surface area contributed by atoms with Crippen LogP contribution in [0.25, 0.3) is 0 Å². The van der Waals surface area contributed by atoms with Crippen LogP contribution in [0, 0.1) is 0 Å². The van der Waals surface area contributed by atoms with Crippen molar-refractivity contribution >= 4 is 11.6 Å². The molecule has 0 aliphatic rings. The maximum Gasteiger partial charge on any atom is 0.137 e. The van der Waals surface area contributed by atoms with Crippen LogP contribution in [0.4, 0.5) is 11.6 Å². The minimum atomic E-state index is 0.118. The normalized spacial score (nSPS) is 10.4. The number of hydrogen-bond donors (Lipinski definition) is 2. The number of nitrogen functional groups attached to an aromatic ring is 1. The van der Waals surface area contributed by atoms with Crippen LogP contribution in [0.1, 0.15) is 25.8 Å². The van der Waals surface area contributed by atoms with E-state index < -0.39 is 0 Å². The van der Waals surface area contributed by atoms with E-state index in [2.05, 4.69) is 21.8 Å². The van der Waals surface area contributed by atoms with Crippen molar-refractivity contribution in [2.24, 2.45) is 0 Å². The summed E-state index contributed by atoms with van der Waals surface area (Å²) >= 11 is 0. The van der Waals surface area contributed by atoms with Crippen molar-refractivity contribution in [1.82, 2.24) is 9.97 Å². The zero-order valence-electron chi connectivity index (χ0n) is 9.98. The second kappa shape index (κ2) is 6.27. The summed E-state index contributed by atoms with van der Waals surface area (Å²) < 4.78 is 0. The molecule has 0 amide bonds. The highest BCUT2D eigenvalue weighted by Gasteiger charge is 2.13. The lowest BCUT2D eigenvalue weighted by Crippen LogP contribution is -2.29. The molecular weight excluding hydrogens is 204 g/mol. The Morgan fingerprint density at radius 3 is 2.62 bits per heavy atom. The van der Waals surface area contributed by atoms with E-state index in [0.29, 0.717) is 12.4 Å². The van der Waals surface area contributed by atoms with Gasteiger partial charge in [0, 0.05) is 18.7 Å². The molecule has 0 saturated carbocycles. The maximum absolute atomic E-state index is 9.04. The molecule has 1 heterocycles. The van der Waals surface area contributed by atoms with Gasteiger partial charge in [-0.1, -0.05) is 13.8 Å². The lowest BCUT2D eigenvalue weighted by molar-refractivity contribution is 0.301. The Labute approximate surface area is 96.3 Å². The Bertz CT molecular complexity index is 324. The van der Waals surface area contributed by atoms with Crippen molar-refractivity contribution in [3.8, 4) is 0 Å². The highest BCUT2D eigenvalue weighted by Crippen LogP contribution is 2.21. The van der Waals surface area contributed by atoms with E-state index in [0.717, 1.165) is 30.8 Å². The predicted molar refractivity (Wildman–Crippen MR) is 65.4 cm³/mol. The molecule has 0 atom stereocenters. The molecule has 0 saturated heterocycles. The Hall–Kier alpha value is -1.36. The van der Waals surface area contributed by atoms with Gasteiger partial charge >= 0.3 is 0 Å². The largest absolute Gasteiger partial charge is 0.395 e. The number of aromatic nitrogens is 2. The first kappa shape index (κ1) is 12.7. The topological polar surface area (TPSA) is 75.3 Å². The Morgan fingerprint density at radius 1 is 1.31 bits per heavy atom. The molecule has 0 radical (unpaired) electrons. The van der Waals surface area contributed by atoms with Crippen molar-refractivity contribution in [2.75, 3.05) is 30.3 Å². The zero-order chi connectivity index (χ0) is 12.0. The van der Waals surface area contributed by atoms with Gasteiger partial charge in [0.05, 0.1) is 6.61 Å². The SMILES string of the molecule is CCCN(CCO)c1ncnc(N)c1CC. The van der Waals surface area contributed by atoms with Gasteiger partial charge in [0.2, 0.25) is 0 Å². The minimum absolute atomic E-state index is 0.118. The molecule has 0 aliphatic heterocycles. The smallest absolute Gasteiger partial charge is 0.137 e. The molecule has 1 aromatic heterocycles. The summed E-state index contributed by atoms with van der Waals surface area (Å²) in [6, 6.07) is 0. The van der Waals surface area contributed by atoms with Crippen molar-refractivity contribution in [2.45, 2.75) is 26.7 Å². The average Bonchev–Trinajstić information content (AvgIpc) is 2.28. The lowest BCUT2D eigenvalue weighted by atomic mass is 10.2. The van der Waals surface area contributed by atoms with E-state index in [-0.39, 0.29) is 6.61 Å². The van der Waals surface area contributed by atoms with Crippen molar-refractivity contribution in [1.29, 1.82) is 0 Å². The van der Waals surface area contributed by atoms with Gasteiger partial charge in [0.1, 0.15) is 18.0 Å². The van der Waals surface area contributed by atoms with E-state index in [1.807, 2.05) is 6.92 Å². The summed E-state index contributed by atoms with van der Waals surface area (Å²) in [6.45, 7) is 5.69. The number of rotatable bonds is 6. The quantitative estimate of drug-likeness (QED) is 0.748. The molecule has 3 N–H and O–H groups in total. The third-order valence-electron chi connectivity index (χ3n) is 2.47. The van der Waals surface area contributed by atoms with Gasteiger partial charge < -0.3 is 15.7 Å². The molecular formula is C11H20N4O. The molecule has 1 rings (SSSR count). The van der Waals surface area contributed by atoms with Gasteiger partial charge in [0.25, 0.3) is 0 Å². The Kier molecular flexibility index (Phi) is 4.98. The standard InChI is InChI=1S/C11H20N4O/c1-3-5-15(6-7-16)11-9(4-2)10(12)13-8-14-11/h8,16H,3-7H2,1-2H3,(H2,12,13,14). The predicted octanol–water partition coefficient (Wildman–Crippen LogP) is 0.830. The molecule has 0 aliphatic carbocycles. The van der Waals surface area contributed by atoms with Crippen LogP contribution in [0.2, 0.25) is 0 Å². The minimum Gasteiger partial charge on any atom is -0.395 e. The van der Waals surface area contributed by atoms with Crippen LogP contribution >= 0.6 is 0 Å². The van der Waals surface area contributed by atoms with Crippen molar-refractivity contribution in [3.05, 3.63) is 11.9 Å². The maximum atomic E-state index is 9.04. The first-order valence-electron chi connectivity index (χ1n) is 5.69. The molecule has 0 aromatic carbocycles. The second-order valence-electron chi connectivity index (χ2n) is 3.63. The molecule has 0 unspecified atom stereocenters. The van der Waals surface area contributed by atoms with Crippen LogP contribution < -0.4 is 10.6 Å². The van der Waals surface area contributed by atoms with Crippen LogP contribution in [0.15, 0.2) is 6.33 Å². The van der Waals surface area contributed by atoms with Gasteiger partial charge in [-0.25, -0.2) is 9.97 Å². The zero-order valence-corrected chi connectivity index (χ0v) is 9.98. The van der Waals surface area contributed by atoms with E-state index in [9.17, 15) is 0 Å². The summed E-state index contributed by atoms with van der Waals surface area (Å²) in [5.74, 6) is 1.39. The van der Waals surface area contributed by atoms with Gasteiger partial charge in [0.15, 0.2) is 0 Å². The van der Waals surface area contributed by atoms with Crippen LogP contribution in [0.5, 0.6) is 0 Å². The number of aliphatic hydroxyl groups is 1. The third kappa shape index (κ3) is 2.82. The second-order valence-corrected chi connectivity index (χ2v) is 3.63. The molecule has 16 heavy (non-hydrogen) atoms. The fourth-order valence-electron chi connectivity index (χ4n) is 1.74. The Balaban J connectivity index is 3.02. The van der Waals surface area contributed by atoms with Gasteiger partial charge in [-0.05, 0) is 12.8 Å². The molecule has 5 heteroatoms. The summed E-state index contributed by atoms with van der Waals surface area (Å²) in [4.78, 5) is 10.3. The first-order chi connectivity index (χ1) is 7.74. The summed E-state index contributed by atoms with van der Waals surface area (Å²) in [6.07, 6.45) is 3.28. The van der Waals surface area contributed by atoms with Gasteiger partial charge in [-0.3, -0.25) is 0 Å². The van der Waals surface area contributed by atoms with E-state index in [4.69, 9.17) is 10.8 Å². The van der Waals surface area contributed by atoms with Crippen LogP contribution in [-0.4, -0.2) is 34.8 Å². The van der Waals surface area contributed by atoms with E-state index >= 15 is 0 Å². The van der Waals surface area contributed by atoms with Crippen molar-refractivity contribution < 1.29 is 5.11 Å². The highest BCUT2D eigenvalue weighted by molar-refractivity contribution is 5.56. The molecule has 0 spiro atoms. The van der Waals surface area contributed by atoms with E-state index in [1.165, 1.54) is 6.33 Å². The molecule has 0 fully saturated rings.